The monoisotopic (exact) mass is 402 g/mol. The van der Waals surface area contributed by atoms with E-state index in [0.29, 0.717) is 0 Å². The fourth-order valence-electron chi connectivity index (χ4n) is 3.78. The molecule has 27 heavy (non-hydrogen) atoms. The van der Waals surface area contributed by atoms with Crippen LogP contribution in [0.2, 0.25) is 0 Å². The highest BCUT2D eigenvalue weighted by atomic mass is 31.2. The fourth-order valence-corrected chi connectivity index (χ4v) is 4.72. The molecule has 164 valence electrons. The van der Waals surface area contributed by atoms with Crippen LogP contribution in [0.4, 0.5) is 0 Å². The smallest absolute Gasteiger partial charge is 0.0819 e. The van der Waals surface area contributed by atoms with E-state index in [-0.39, 0.29) is 6.10 Å². The summed E-state index contributed by atoms with van der Waals surface area (Å²) in [6, 6.07) is 0. The molecule has 0 aliphatic carbocycles. The van der Waals surface area contributed by atoms with E-state index >= 15 is 0 Å². The Labute approximate surface area is 171 Å². The third kappa shape index (κ3) is 24.2. The highest BCUT2D eigenvalue weighted by molar-refractivity contribution is 7.62. The summed E-state index contributed by atoms with van der Waals surface area (Å²) < 4.78 is 11.6. The van der Waals surface area contributed by atoms with Gasteiger partial charge in [0.15, 0.2) is 0 Å². The Bertz CT molecular complexity index is 337. The first-order valence-electron chi connectivity index (χ1n) is 12.2. The Morgan fingerprint density at radius 1 is 0.593 bits per heavy atom. The van der Waals surface area contributed by atoms with Crippen molar-refractivity contribution in [2.24, 2.45) is 0 Å². The molecule has 0 heterocycles. The SMILES string of the molecule is CCCCCCCCCCCCCCCCCCC(O)CCCP(C)(C)=O. The van der Waals surface area contributed by atoms with Crippen molar-refractivity contribution in [3.63, 3.8) is 0 Å². The zero-order chi connectivity index (χ0) is 20.2. The maximum absolute atomic E-state index is 11.6. The molecule has 1 unspecified atom stereocenters. The second-order valence-electron chi connectivity index (χ2n) is 9.19. The first kappa shape index (κ1) is 27.2. The van der Waals surface area contributed by atoms with Crippen LogP contribution in [-0.4, -0.2) is 30.7 Å². The van der Waals surface area contributed by atoms with E-state index in [2.05, 4.69) is 6.92 Å². The van der Waals surface area contributed by atoms with Gasteiger partial charge in [0.05, 0.1) is 13.2 Å². The zero-order valence-corrected chi connectivity index (χ0v) is 19.9. The molecule has 0 aliphatic rings. The summed E-state index contributed by atoms with van der Waals surface area (Å²) in [6.45, 7) is 5.97. The van der Waals surface area contributed by atoms with E-state index in [1.807, 2.05) is 13.3 Å². The zero-order valence-electron chi connectivity index (χ0n) is 19.0. The molecular weight excluding hydrogens is 351 g/mol. The molecule has 0 saturated heterocycles. The summed E-state index contributed by atoms with van der Waals surface area (Å²) in [4.78, 5) is 0. The molecule has 0 aromatic carbocycles. The Kier molecular flexibility index (Phi) is 19.6. The van der Waals surface area contributed by atoms with Crippen LogP contribution in [0, 0.1) is 0 Å². The van der Waals surface area contributed by atoms with Crippen molar-refractivity contribution in [1.29, 1.82) is 0 Å². The number of aliphatic hydroxyl groups excluding tert-OH is 1. The van der Waals surface area contributed by atoms with E-state index in [0.717, 1.165) is 31.8 Å². The number of unbranched alkanes of at least 4 members (excludes halogenated alkanes) is 15. The van der Waals surface area contributed by atoms with Crippen molar-refractivity contribution < 1.29 is 9.67 Å². The van der Waals surface area contributed by atoms with Gasteiger partial charge in [0.1, 0.15) is 0 Å². The van der Waals surface area contributed by atoms with Crippen molar-refractivity contribution >= 4 is 7.14 Å². The van der Waals surface area contributed by atoms with Crippen molar-refractivity contribution in [2.75, 3.05) is 19.5 Å². The van der Waals surface area contributed by atoms with E-state index in [1.165, 1.54) is 96.3 Å². The van der Waals surface area contributed by atoms with Crippen LogP contribution in [0.3, 0.4) is 0 Å². The maximum Gasteiger partial charge on any atom is 0.0819 e. The summed E-state index contributed by atoms with van der Waals surface area (Å²) in [7, 11) is -1.90. The lowest BCUT2D eigenvalue weighted by Gasteiger charge is -2.11. The Balaban J connectivity index is 3.15. The second-order valence-corrected chi connectivity index (χ2v) is 12.8. The van der Waals surface area contributed by atoms with Gasteiger partial charge in [0.25, 0.3) is 0 Å². The molecule has 0 aromatic heterocycles. The lowest BCUT2D eigenvalue weighted by atomic mass is 10.0. The minimum absolute atomic E-state index is 0.178. The van der Waals surface area contributed by atoms with Gasteiger partial charge in [-0.05, 0) is 32.6 Å². The Hall–Kier alpha value is 0.190. The molecule has 0 aliphatic heterocycles. The van der Waals surface area contributed by atoms with Gasteiger partial charge in [-0.15, -0.1) is 0 Å². The first-order chi connectivity index (χ1) is 13.0. The van der Waals surface area contributed by atoms with Gasteiger partial charge >= 0.3 is 0 Å². The average molecular weight is 403 g/mol. The van der Waals surface area contributed by atoms with Gasteiger partial charge in [-0.3, -0.25) is 0 Å². The summed E-state index contributed by atoms with van der Waals surface area (Å²) in [5.41, 5.74) is 0. The molecule has 0 fully saturated rings. The molecule has 0 amide bonds. The van der Waals surface area contributed by atoms with Gasteiger partial charge < -0.3 is 9.67 Å². The highest BCUT2D eigenvalue weighted by Gasteiger charge is 2.09. The van der Waals surface area contributed by atoms with Crippen LogP contribution in [0.5, 0.6) is 0 Å². The second kappa shape index (κ2) is 19.5. The average Bonchev–Trinajstić information content (AvgIpc) is 2.60. The summed E-state index contributed by atoms with van der Waals surface area (Å²) in [5.74, 6) is 0. The number of rotatable bonds is 21. The summed E-state index contributed by atoms with van der Waals surface area (Å²) in [5, 5.41) is 9.97. The fraction of sp³-hybridized carbons (Fsp3) is 1.00. The minimum atomic E-state index is -1.90. The predicted molar refractivity (Wildman–Crippen MR) is 124 cm³/mol. The van der Waals surface area contributed by atoms with Crippen LogP contribution in [-0.2, 0) is 4.57 Å². The predicted octanol–water partition coefficient (Wildman–Crippen LogP) is 8.40. The maximum atomic E-state index is 11.6. The van der Waals surface area contributed by atoms with E-state index < -0.39 is 7.14 Å². The lowest BCUT2D eigenvalue weighted by molar-refractivity contribution is 0.150. The number of hydrogen-bond acceptors (Lipinski definition) is 2. The van der Waals surface area contributed by atoms with E-state index in [9.17, 15) is 9.67 Å². The van der Waals surface area contributed by atoms with Gasteiger partial charge in [-0.25, -0.2) is 0 Å². The van der Waals surface area contributed by atoms with E-state index in [4.69, 9.17) is 0 Å². The third-order valence-corrected chi connectivity index (χ3v) is 7.02. The molecule has 3 heteroatoms. The Morgan fingerprint density at radius 3 is 1.30 bits per heavy atom. The molecule has 1 N–H and O–H groups in total. The molecule has 2 nitrogen and oxygen atoms in total. The van der Waals surface area contributed by atoms with Crippen molar-refractivity contribution in [3.8, 4) is 0 Å². The van der Waals surface area contributed by atoms with Crippen molar-refractivity contribution in [3.05, 3.63) is 0 Å². The van der Waals surface area contributed by atoms with Crippen LogP contribution in [0.1, 0.15) is 129 Å². The summed E-state index contributed by atoms with van der Waals surface area (Å²) in [6.07, 6.45) is 25.5. The molecule has 0 spiro atoms. The standard InChI is InChI=1S/C24H51O2P/c1-4-5-6-7-8-9-10-11-12-13-14-15-16-17-18-19-21-24(25)22-20-23-27(2,3)26/h24-25H,4-23H2,1-3H3. The van der Waals surface area contributed by atoms with Crippen LogP contribution < -0.4 is 0 Å². The summed E-state index contributed by atoms with van der Waals surface area (Å²) >= 11 is 0. The lowest BCUT2D eigenvalue weighted by Crippen LogP contribution is -2.07. The number of hydrogen-bond donors (Lipinski definition) is 1. The normalized spacial score (nSPS) is 13.2. The third-order valence-electron chi connectivity index (χ3n) is 5.62. The van der Waals surface area contributed by atoms with Gasteiger partial charge in [0.2, 0.25) is 0 Å². The molecule has 0 bridgehead atoms. The number of aliphatic hydroxyl groups is 1. The minimum Gasteiger partial charge on any atom is -0.393 e. The van der Waals surface area contributed by atoms with Gasteiger partial charge in [-0.2, -0.15) is 0 Å². The molecular formula is C24H51O2P. The van der Waals surface area contributed by atoms with Crippen molar-refractivity contribution in [1.82, 2.24) is 0 Å². The largest absolute Gasteiger partial charge is 0.393 e. The van der Waals surface area contributed by atoms with E-state index in [1.54, 1.807) is 0 Å². The molecule has 0 radical (unpaired) electrons. The quantitative estimate of drug-likeness (QED) is 0.154. The van der Waals surface area contributed by atoms with Gasteiger partial charge in [0, 0.05) is 6.16 Å². The molecule has 0 rings (SSSR count). The molecule has 0 aromatic rings. The highest BCUT2D eigenvalue weighted by Crippen LogP contribution is 2.36. The molecule has 0 saturated carbocycles. The van der Waals surface area contributed by atoms with Gasteiger partial charge in [-0.1, -0.05) is 110 Å². The van der Waals surface area contributed by atoms with Crippen LogP contribution in [0.25, 0.3) is 0 Å². The van der Waals surface area contributed by atoms with Crippen LogP contribution in [0.15, 0.2) is 0 Å². The van der Waals surface area contributed by atoms with Crippen molar-refractivity contribution in [2.45, 2.75) is 135 Å². The topological polar surface area (TPSA) is 37.3 Å². The first-order valence-corrected chi connectivity index (χ1v) is 15.0. The van der Waals surface area contributed by atoms with Crippen LogP contribution >= 0.6 is 7.14 Å². The Morgan fingerprint density at radius 2 is 0.926 bits per heavy atom. The molecule has 1 atom stereocenters.